The molecular weight excluding hydrogens is 354 g/mol. The van der Waals surface area contributed by atoms with Gasteiger partial charge < -0.3 is 20.5 Å². The molecule has 0 saturated carbocycles. The van der Waals surface area contributed by atoms with Gasteiger partial charge in [0.1, 0.15) is 23.1 Å². The van der Waals surface area contributed by atoms with E-state index in [2.05, 4.69) is 10.3 Å². The topological polar surface area (TPSA) is 86.5 Å². The summed E-state index contributed by atoms with van der Waals surface area (Å²) in [6, 6.07) is 17.9. The minimum Gasteiger partial charge on any atom is -0.491 e. The van der Waals surface area contributed by atoms with Crippen LogP contribution >= 0.6 is 0 Å². The molecule has 2 aromatic carbocycles. The van der Waals surface area contributed by atoms with Crippen LogP contribution in [0.4, 0.5) is 11.5 Å². The molecule has 0 atom stereocenters. The van der Waals surface area contributed by atoms with Crippen LogP contribution in [-0.2, 0) is 0 Å². The van der Waals surface area contributed by atoms with Gasteiger partial charge >= 0.3 is 0 Å². The van der Waals surface area contributed by atoms with E-state index in [0.29, 0.717) is 22.7 Å². The van der Waals surface area contributed by atoms with E-state index in [-0.39, 0.29) is 17.8 Å². The zero-order valence-corrected chi connectivity index (χ0v) is 16.1. The molecule has 1 amide bonds. The van der Waals surface area contributed by atoms with Gasteiger partial charge in [-0.05, 0) is 69.3 Å². The van der Waals surface area contributed by atoms with E-state index in [0.717, 1.165) is 11.4 Å². The number of pyridine rings is 1. The van der Waals surface area contributed by atoms with Crippen molar-refractivity contribution in [2.45, 2.75) is 26.9 Å². The molecule has 0 fully saturated rings. The number of anilines is 2. The number of aryl methyl sites for hydroxylation is 1. The first-order valence-corrected chi connectivity index (χ1v) is 9.00. The minimum absolute atomic E-state index is 0.116. The van der Waals surface area contributed by atoms with E-state index in [1.54, 1.807) is 30.3 Å². The van der Waals surface area contributed by atoms with Gasteiger partial charge in [-0.1, -0.05) is 6.07 Å². The van der Waals surface area contributed by atoms with Gasteiger partial charge in [0, 0.05) is 17.4 Å². The number of benzene rings is 2. The lowest BCUT2D eigenvalue weighted by atomic mass is 10.2. The second-order valence-corrected chi connectivity index (χ2v) is 6.61. The summed E-state index contributed by atoms with van der Waals surface area (Å²) >= 11 is 0. The maximum Gasteiger partial charge on any atom is 0.259 e. The summed E-state index contributed by atoms with van der Waals surface area (Å²) in [6.07, 6.45) is 0.116. The fourth-order valence-corrected chi connectivity index (χ4v) is 2.60. The van der Waals surface area contributed by atoms with E-state index < -0.39 is 0 Å². The molecule has 6 nitrogen and oxygen atoms in total. The molecule has 0 unspecified atom stereocenters. The predicted octanol–water partition coefficient (Wildman–Crippen LogP) is 4.80. The molecule has 0 aliphatic rings. The number of nitrogen functional groups attached to an aromatic ring is 1. The fraction of sp³-hybridized carbons (Fsp3) is 0.182. The quantitative estimate of drug-likeness (QED) is 0.644. The lowest BCUT2D eigenvalue weighted by Gasteiger charge is -2.12. The van der Waals surface area contributed by atoms with Gasteiger partial charge in [0.15, 0.2) is 0 Å². The van der Waals surface area contributed by atoms with Gasteiger partial charge in [0.2, 0.25) is 0 Å². The van der Waals surface area contributed by atoms with Gasteiger partial charge in [-0.25, -0.2) is 4.98 Å². The fourth-order valence-electron chi connectivity index (χ4n) is 2.60. The van der Waals surface area contributed by atoms with Crippen molar-refractivity contribution in [3.63, 3.8) is 0 Å². The van der Waals surface area contributed by atoms with Crippen LogP contribution in [0, 0.1) is 6.92 Å². The summed E-state index contributed by atoms with van der Waals surface area (Å²) < 4.78 is 11.5. The monoisotopic (exact) mass is 377 g/mol. The SMILES string of the molecule is Cc1ccc(C(=O)Nc2cccc(Oc3ccc(OC(C)C)cc3)c2)c(N)n1. The van der Waals surface area contributed by atoms with Crippen LogP contribution in [0.3, 0.4) is 0 Å². The highest BCUT2D eigenvalue weighted by Gasteiger charge is 2.11. The first kappa shape index (κ1) is 19.2. The lowest BCUT2D eigenvalue weighted by molar-refractivity contribution is 0.102. The second-order valence-electron chi connectivity index (χ2n) is 6.61. The average molecular weight is 377 g/mol. The number of nitrogens with two attached hydrogens (primary N) is 1. The number of rotatable bonds is 6. The van der Waals surface area contributed by atoms with Crippen LogP contribution in [0.1, 0.15) is 29.9 Å². The van der Waals surface area contributed by atoms with Crippen molar-refractivity contribution in [3.8, 4) is 17.2 Å². The molecule has 3 aromatic rings. The number of carbonyl (C=O) groups excluding carboxylic acids is 1. The Morgan fingerprint density at radius 2 is 1.71 bits per heavy atom. The van der Waals surface area contributed by atoms with Crippen LogP contribution in [0.5, 0.6) is 17.2 Å². The summed E-state index contributed by atoms with van der Waals surface area (Å²) in [6.45, 7) is 5.77. The molecule has 1 aromatic heterocycles. The Morgan fingerprint density at radius 3 is 2.39 bits per heavy atom. The molecular formula is C22H23N3O3. The molecule has 0 aliphatic carbocycles. The number of nitrogens with zero attached hydrogens (tertiary/aromatic N) is 1. The first-order valence-electron chi connectivity index (χ1n) is 9.00. The summed E-state index contributed by atoms with van der Waals surface area (Å²) in [5, 5.41) is 2.82. The van der Waals surface area contributed by atoms with Crippen molar-refractivity contribution < 1.29 is 14.3 Å². The molecule has 0 spiro atoms. The maximum absolute atomic E-state index is 12.5. The molecule has 1 heterocycles. The van der Waals surface area contributed by atoms with Gasteiger partial charge in [0.25, 0.3) is 5.91 Å². The summed E-state index contributed by atoms with van der Waals surface area (Å²) in [4.78, 5) is 16.6. The van der Waals surface area contributed by atoms with E-state index in [1.807, 2.05) is 51.1 Å². The minimum atomic E-state index is -0.322. The maximum atomic E-state index is 12.5. The average Bonchev–Trinajstić information content (AvgIpc) is 2.63. The highest BCUT2D eigenvalue weighted by atomic mass is 16.5. The third-order valence-corrected chi connectivity index (χ3v) is 3.83. The van der Waals surface area contributed by atoms with Gasteiger partial charge in [-0.3, -0.25) is 4.79 Å². The molecule has 6 heteroatoms. The number of nitrogens with one attached hydrogen (secondary N) is 1. The summed E-state index contributed by atoms with van der Waals surface area (Å²) in [7, 11) is 0. The molecule has 28 heavy (non-hydrogen) atoms. The third kappa shape index (κ3) is 5.01. The smallest absolute Gasteiger partial charge is 0.259 e. The van der Waals surface area contributed by atoms with Gasteiger partial charge in [0.05, 0.1) is 11.7 Å². The van der Waals surface area contributed by atoms with Crippen LogP contribution in [0.2, 0.25) is 0 Å². The van der Waals surface area contributed by atoms with E-state index in [9.17, 15) is 4.79 Å². The molecule has 0 aliphatic heterocycles. The number of amides is 1. The van der Waals surface area contributed by atoms with Crippen LogP contribution in [0.15, 0.2) is 60.7 Å². The molecule has 0 saturated heterocycles. The third-order valence-electron chi connectivity index (χ3n) is 3.83. The van der Waals surface area contributed by atoms with Gasteiger partial charge in [-0.15, -0.1) is 0 Å². The predicted molar refractivity (Wildman–Crippen MR) is 110 cm³/mol. The zero-order valence-electron chi connectivity index (χ0n) is 16.1. The van der Waals surface area contributed by atoms with E-state index >= 15 is 0 Å². The normalized spacial score (nSPS) is 10.6. The Morgan fingerprint density at radius 1 is 1.00 bits per heavy atom. The molecule has 144 valence electrons. The zero-order chi connectivity index (χ0) is 20.1. The Balaban J connectivity index is 1.69. The highest BCUT2D eigenvalue weighted by Crippen LogP contribution is 2.26. The number of hydrogen-bond acceptors (Lipinski definition) is 5. The number of aromatic nitrogens is 1. The number of hydrogen-bond donors (Lipinski definition) is 2. The largest absolute Gasteiger partial charge is 0.491 e. The van der Waals surface area contributed by atoms with Crippen molar-refractivity contribution in [1.82, 2.24) is 4.98 Å². The highest BCUT2D eigenvalue weighted by molar-refractivity contribution is 6.07. The first-order chi connectivity index (χ1) is 13.4. The Kier molecular flexibility index (Phi) is 5.79. The van der Waals surface area contributed by atoms with Crippen molar-refractivity contribution in [2.24, 2.45) is 0 Å². The summed E-state index contributed by atoms with van der Waals surface area (Å²) in [5.74, 6) is 1.94. The van der Waals surface area contributed by atoms with Crippen molar-refractivity contribution in [2.75, 3.05) is 11.1 Å². The molecule has 0 radical (unpaired) electrons. The molecule has 3 N–H and O–H groups in total. The second kappa shape index (κ2) is 8.43. The van der Waals surface area contributed by atoms with Crippen molar-refractivity contribution in [3.05, 3.63) is 71.9 Å². The Hall–Kier alpha value is -3.54. The Labute approximate surface area is 164 Å². The standard InChI is InChI=1S/C22H23N3O3/c1-14(2)27-17-8-10-18(11-9-17)28-19-6-4-5-16(13-19)25-22(26)20-12-7-15(3)24-21(20)23/h4-14H,1-3H3,(H2,23,24)(H,25,26). The van der Waals surface area contributed by atoms with Crippen LogP contribution in [-0.4, -0.2) is 17.0 Å². The summed E-state index contributed by atoms with van der Waals surface area (Å²) in [5.41, 5.74) is 7.53. The molecule has 3 rings (SSSR count). The lowest BCUT2D eigenvalue weighted by Crippen LogP contribution is -2.15. The number of ether oxygens (including phenoxy) is 2. The van der Waals surface area contributed by atoms with Crippen LogP contribution in [0.25, 0.3) is 0 Å². The Bertz CT molecular complexity index is 969. The van der Waals surface area contributed by atoms with E-state index in [1.165, 1.54) is 0 Å². The van der Waals surface area contributed by atoms with Crippen molar-refractivity contribution in [1.29, 1.82) is 0 Å². The van der Waals surface area contributed by atoms with Crippen LogP contribution < -0.4 is 20.5 Å². The molecule has 0 bridgehead atoms. The van der Waals surface area contributed by atoms with E-state index in [4.69, 9.17) is 15.2 Å². The number of carbonyl (C=O) groups is 1. The van der Waals surface area contributed by atoms with Gasteiger partial charge in [-0.2, -0.15) is 0 Å². The van der Waals surface area contributed by atoms with Crippen molar-refractivity contribution >= 4 is 17.4 Å².